The maximum atomic E-state index is 10.5. The number of aromatic nitrogens is 3. The van der Waals surface area contributed by atoms with Crippen LogP contribution in [0.5, 0.6) is 5.75 Å². The van der Waals surface area contributed by atoms with E-state index in [9.17, 15) is 4.79 Å². The molecule has 0 aliphatic carbocycles. The van der Waals surface area contributed by atoms with Crippen LogP contribution in [0.3, 0.4) is 0 Å². The van der Waals surface area contributed by atoms with Crippen LogP contribution in [0.4, 0.5) is 0 Å². The Kier molecular flexibility index (Phi) is 3.04. The number of ether oxygens (including phenoxy) is 1. The van der Waals surface area contributed by atoms with Gasteiger partial charge >= 0.3 is 5.97 Å². The maximum Gasteiger partial charge on any atom is 0.341 e. The lowest BCUT2D eigenvalue weighted by Gasteiger charge is -2.07. The average molecular weight is 269 g/mol. The van der Waals surface area contributed by atoms with E-state index in [4.69, 9.17) is 9.84 Å². The van der Waals surface area contributed by atoms with Gasteiger partial charge in [0.05, 0.1) is 5.69 Å². The molecule has 3 rings (SSSR count). The van der Waals surface area contributed by atoms with Crippen molar-refractivity contribution in [3.05, 3.63) is 48.9 Å². The summed E-state index contributed by atoms with van der Waals surface area (Å²) >= 11 is 0. The average Bonchev–Trinajstić information content (AvgIpc) is 2.89. The molecule has 0 saturated heterocycles. The van der Waals surface area contributed by atoms with Gasteiger partial charge in [-0.15, -0.1) is 0 Å². The number of carboxylic acids is 1. The molecule has 20 heavy (non-hydrogen) atoms. The first-order chi connectivity index (χ1) is 9.74. The first-order valence-electron chi connectivity index (χ1n) is 5.97. The summed E-state index contributed by atoms with van der Waals surface area (Å²) in [5.74, 6) is -0.521. The summed E-state index contributed by atoms with van der Waals surface area (Å²) in [4.78, 5) is 19.1. The molecule has 100 valence electrons. The van der Waals surface area contributed by atoms with Crippen LogP contribution < -0.4 is 4.74 Å². The summed E-state index contributed by atoms with van der Waals surface area (Å²) in [5.41, 5.74) is 2.35. The number of hydrogen-bond donors (Lipinski definition) is 1. The van der Waals surface area contributed by atoms with Crippen LogP contribution in [0, 0.1) is 0 Å². The predicted octanol–water partition coefficient (Wildman–Crippen LogP) is 1.88. The number of nitrogens with zero attached hydrogens (tertiary/aromatic N) is 3. The Morgan fingerprint density at radius 2 is 2.15 bits per heavy atom. The second-order valence-electron chi connectivity index (χ2n) is 4.14. The maximum absolute atomic E-state index is 10.5. The highest BCUT2D eigenvalue weighted by molar-refractivity contribution is 5.72. The van der Waals surface area contributed by atoms with E-state index >= 15 is 0 Å². The molecular formula is C14H11N3O3. The third kappa shape index (κ3) is 2.31. The summed E-state index contributed by atoms with van der Waals surface area (Å²) in [6.45, 7) is -0.369. The van der Waals surface area contributed by atoms with Crippen molar-refractivity contribution in [1.82, 2.24) is 14.5 Å². The quantitative estimate of drug-likeness (QED) is 0.782. The SMILES string of the molecule is O=C(O)COc1cccc(-n2cnc3cccnc32)c1. The summed E-state index contributed by atoms with van der Waals surface area (Å²) in [7, 11) is 0. The van der Waals surface area contributed by atoms with Gasteiger partial charge in [0.2, 0.25) is 0 Å². The smallest absolute Gasteiger partial charge is 0.341 e. The van der Waals surface area contributed by atoms with Crippen molar-refractivity contribution in [2.75, 3.05) is 6.61 Å². The molecule has 0 unspecified atom stereocenters. The first kappa shape index (κ1) is 12.2. The van der Waals surface area contributed by atoms with Crippen molar-refractivity contribution in [1.29, 1.82) is 0 Å². The number of aliphatic carboxylic acids is 1. The van der Waals surface area contributed by atoms with E-state index in [1.54, 1.807) is 30.7 Å². The number of hydrogen-bond acceptors (Lipinski definition) is 4. The lowest BCUT2D eigenvalue weighted by Crippen LogP contribution is -2.09. The molecule has 0 amide bonds. The number of rotatable bonds is 4. The molecule has 6 nitrogen and oxygen atoms in total. The molecule has 0 spiro atoms. The van der Waals surface area contributed by atoms with Gasteiger partial charge in [-0.05, 0) is 24.3 Å². The molecule has 3 aromatic rings. The third-order valence-electron chi connectivity index (χ3n) is 2.76. The van der Waals surface area contributed by atoms with Gasteiger partial charge in [-0.25, -0.2) is 14.8 Å². The van der Waals surface area contributed by atoms with E-state index in [0.717, 1.165) is 16.9 Å². The lowest BCUT2D eigenvalue weighted by atomic mass is 10.3. The lowest BCUT2D eigenvalue weighted by molar-refractivity contribution is -0.139. The zero-order valence-electron chi connectivity index (χ0n) is 10.4. The molecular weight excluding hydrogens is 258 g/mol. The van der Waals surface area contributed by atoms with Crippen LogP contribution in [0.15, 0.2) is 48.9 Å². The minimum absolute atomic E-state index is 0.369. The Morgan fingerprint density at radius 1 is 1.25 bits per heavy atom. The van der Waals surface area contributed by atoms with E-state index in [-0.39, 0.29) is 6.61 Å². The highest BCUT2D eigenvalue weighted by atomic mass is 16.5. The van der Waals surface area contributed by atoms with Gasteiger partial charge in [-0.1, -0.05) is 6.07 Å². The van der Waals surface area contributed by atoms with Gasteiger partial charge < -0.3 is 9.84 Å². The molecule has 2 aromatic heterocycles. The Hall–Kier alpha value is -2.89. The first-order valence-corrected chi connectivity index (χ1v) is 5.97. The van der Waals surface area contributed by atoms with Crippen molar-refractivity contribution < 1.29 is 14.6 Å². The van der Waals surface area contributed by atoms with Crippen molar-refractivity contribution in [3.63, 3.8) is 0 Å². The van der Waals surface area contributed by atoms with Crippen LogP contribution in [0.1, 0.15) is 0 Å². The van der Waals surface area contributed by atoms with Crippen molar-refractivity contribution in [2.45, 2.75) is 0 Å². The van der Waals surface area contributed by atoms with Crippen LogP contribution in [0.25, 0.3) is 16.9 Å². The Bertz CT molecular complexity index is 767. The number of imidazole rings is 1. The normalized spacial score (nSPS) is 10.6. The molecule has 0 saturated carbocycles. The highest BCUT2D eigenvalue weighted by Crippen LogP contribution is 2.20. The van der Waals surface area contributed by atoms with E-state index < -0.39 is 5.97 Å². The van der Waals surface area contributed by atoms with Gasteiger partial charge in [0.1, 0.15) is 17.6 Å². The molecule has 0 fully saturated rings. The van der Waals surface area contributed by atoms with Gasteiger partial charge in [0, 0.05) is 12.3 Å². The van der Waals surface area contributed by atoms with E-state index in [1.807, 2.05) is 22.8 Å². The van der Waals surface area contributed by atoms with Crippen molar-refractivity contribution in [2.24, 2.45) is 0 Å². The molecule has 0 aliphatic heterocycles. The van der Waals surface area contributed by atoms with Gasteiger partial charge in [0.25, 0.3) is 0 Å². The van der Waals surface area contributed by atoms with Crippen molar-refractivity contribution >= 4 is 17.1 Å². The fourth-order valence-electron chi connectivity index (χ4n) is 1.91. The summed E-state index contributed by atoms with van der Waals surface area (Å²) < 4.78 is 6.99. The minimum Gasteiger partial charge on any atom is -0.482 e. The number of fused-ring (bicyclic) bond motifs is 1. The number of carboxylic acid groups (broad SMARTS) is 1. The third-order valence-corrected chi connectivity index (χ3v) is 2.76. The van der Waals surface area contributed by atoms with Crippen LogP contribution in [-0.2, 0) is 4.79 Å². The standard InChI is InChI=1S/C14H11N3O3/c18-13(19)8-20-11-4-1-3-10(7-11)17-9-16-12-5-2-6-15-14(12)17/h1-7,9H,8H2,(H,18,19). The monoisotopic (exact) mass is 269 g/mol. The Morgan fingerprint density at radius 3 is 3.00 bits per heavy atom. The van der Waals surface area contributed by atoms with E-state index in [2.05, 4.69) is 9.97 Å². The second-order valence-corrected chi connectivity index (χ2v) is 4.14. The van der Waals surface area contributed by atoms with E-state index in [0.29, 0.717) is 5.75 Å². The molecule has 1 N–H and O–H groups in total. The Labute approximate surface area is 114 Å². The predicted molar refractivity (Wildman–Crippen MR) is 72.0 cm³/mol. The zero-order valence-corrected chi connectivity index (χ0v) is 10.4. The highest BCUT2D eigenvalue weighted by Gasteiger charge is 2.06. The van der Waals surface area contributed by atoms with Crippen LogP contribution >= 0.6 is 0 Å². The van der Waals surface area contributed by atoms with Crippen molar-refractivity contribution in [3.8, 4) is 11.4 Å². The molecule has 6 heteroatoms. The van der Waals surface area contributed by atoms with Gasteiger partial charge in [0.15, 0.2) is 12.3 Å². The summed E-state index contributed by atoms with van der Waals surface area (Å²) in [6.07, 6.45) is 3.37. The Balaban J connectivity index is 1.97. The zero-order chi connectivity index (χ0) is 13.9. The molecule has 0 radical (unpaired) electrons. The summed E-state index contributed by atoms with van der Waals surface area (Å²) in [5, 5.41) is 8.62. The minimum atomic E-state index is -1.01. The largest absolute Gasteiger partial charge is 0.482 e. The van der Waals surface area contributed by atoms with Crippen LogP contribution in [0.2, 0.25) is 0 Å². The summed E-state index contributed by atoms with van der Waals surface area (Å²) in [6, 6.07) is 10.8. The fraction of sp³-hybridized carbons (Fsp3) is 0.0714. The molecule has 0 atom stereocenters. The molecule has 2 heterocycles. The second kappa shape index (κ2) is 5.00. The van der Waals surface area contributed by atoms with Gasteiger partial charge in [-0.2, -0.15) is 0 Å². The molecule has 0 bridgehead atoms. The fourth-order valence-corrected chi connectivity index (χ4v) is 1.91. The van der Waals surface area contributed by atoms with Crippen LogP contribution in [-0.4, -0.2) is 32.2 Å². The topological polar surface area (TPSA) is 77.2 Å². The van der Waals surface area contributed by atoms with Gasteiger partial charge in [-0.3, -0.25) is 4.57 Å². The van der Waals surface area contributed by atoms with E-state index in [1.165, 1.54) is 0 Å². The number of benzene rings is 1. The molecule has 0 aliphatic rings. The number of pyridine rings is 1. The number of carbonyl (C=O) groups is 1. The molecule has 1 aromatic carbocycles.